The van der Waals surface area contributed by atoms with Crippen molar-refractivity contribution in [1.29, 1.82) is 0 Å². The zero-order chi connectivity index (χ0) is 14.2. The van der Waals surface area contributed by atoms with Crippen LogP contribution in [0.2, 0.25) is 0 Å². The molecule has 106 valence electrons. The van der Waals surface area contributed by atoms with E-state index in [9.17, 15) is 18.0 Å². The summed E-state index contributed by atoms with van der Waals surface area (Å²) >= 11 is 0. The predicted octanol–water partition coefficient (Wildman–Crippen LogP) is 0.571. The number of hydrogen-bond donors (Lipinski definition) is 2. The average Bonchev–Trinajstić information content (AvgIpc) is 2.22. The number of unbranched alkanes of at least 4 members (excludes halogenated alkanes) is 1. The molecular formula is C11H21NO5S. The van der Waals surface area contributed by atoms with Gasteiger partial charge in [-0.05, 0) is 12.8 Å². The van der Waals surface area contributed by atoms with Crippen molar-refractivity contribution in [3.05, 3.63) is 0 Å². The van der Waals surface area contributed by atoms with Gasteiger partial charge in [-0.1, -0.05) is 26.7 Å². The number of carbonyl (C=O) groups excluding carboxylic acids is 1. The fourth-order valence-electron chi connectivity index (χ4n) is 1.48. The Balaban J connectivity index is 4.38. The van der Waals surface area contributed by atoms with Crippen LogP contribution in [0.25, 0.3) is 0 Å². The molecule has 0 aromatic rings. The fraction of sp³-hybridized carbons (Fsp3) is 0.818. The summed E-state index contributed by atoms with van der Waals surface area (Å²) in [6.45, 7) is 3.61. The highest BCUT2D eigenvalue weighted by atomic mass is 32.2. The van der Waals surface area contributed by atoms with E-state index in [4.69, 9.17) is 5.11 Å². The number of carbonyl (C=O) groups is 2. The van der Waals surface area contributed by atoms with E-state index in [1.165, 1.54) is 0 Å². The van der Waals surface area contributed by atoms with E-state index in [0.717, 1.165) is 6.42 Å². The van der Waals surface area contributed by atoms with Gasteiger partial charge in [0.15, 0.2) is 9.84 Å². The smallest absolute Gasteiger partial charge is 0.326 e. The number of sulfone groups is 1. The zero-order valence-corrected chi connectivity index (χ0v) is 11.6. The van der Waals surface area contributed by atoms with Gasteiger partial charge in [-0.2, -0.15) is 0 Å². The molecule has 0 saturated heterocycles. The standard InChI is InChI=1S/C11H21NO5S/c1-3-5-6-9(11(14)15)12-10(13)8-18(16,17)7-4-2/h9H,3-8H2,1-2H3,(H,12,13)(H,14,15)/t9-/m0/s1. The molecule has 0 fully saturated rings. The van der Waals surface area contributed by atoms with E-state index in [0.29, 0.717) is 19.3 Å². The number of carboxylic acids is 1. The molecule has 0 unspecified atom stereocenters. The topological polar surface area (TPSA) is 101 Å². The van der Waals surface area contributed by atoms with Crippen molar-refractivity contribution < 1.29 is 23.1 Å². The van der Waals surface area contributed by atoms with Gasteiger partial charge >= 0.3 is 5.97 Å². The molecule has 0 rings (SSSR count). The molecule has 18 heavy (non-hydrogen) atoms. The summed E-state index contributed by atoms with van der Waals surface area (Å²) in [5.41, 5.74) is 0. The molecule has 1 amide bonds. The van der Waals surface area contributed by atoms with E-state index in [2.05, 4.69) is 5.32 Å². The minimum absolute atomic E-state index is 0.0624. The third-order valence-electron chi connectivity index (χ3n) is 2.35. The third-order valence-corrected chi connectivity index (χ3v) is 4.08. The van der Waals surface area contributed by atoms with E-state index < -0.39 is 33.5 Å². The second-order valence-corrected chi connectivity index (χ2v) is 6.38. The Hall–Kier alpha value is -1.11. The van der Waals surface area contributed by atoms with Crippen LogP contribution in [0.15, 0.2) is 0 Å². The lowest BCUT2D eigenvalue weighted by atomic mass is 10.1. The molecule has 0 bridgehead atoms. The van der Waals surface area contributed by atoms with Crippen LogP contribution in [0.5, 0.6) is 0 Å². The number of rotatable bonds is 9. The van der Waals surface area contributed by atoms with Gasteiger partial charge in [0.05, 0.1) is 5.75 Å². The Morgan fingerprint density at radius 2 is 1.83 bits per heavy atom. The third kappa shape index (κ3) is 7.26. The lowest BCUT2D eigenvalue weighted by molar-refractivity contribution is -0.141. The van der Waals surface area contributed by atoms with Gasteiger partial charge in [0, 0.05) is 0 Å². The second kappa shape index (κ2) is 8.07. The highest BCUT2D eigenvalue weighted by Gasteiger charge is 2.22. The molecule has 0 aromatic heterocycles. The minimum Gasteiger partial charge on any atom is -0.480 e. The Kier molecular flexibility index (Phi) is 7.58. The van der Waals surface area contributed by atoms with E-state index in [-0.39, 0.29) is 5.75 Å². The van der Waals surface area contributed by atoms with Crippen LogP contribution in [0.3, 0.4) is 0 Å². The van der Waals surface area contributed by atoms with Gasteiger partial charge in [-0.15, -0.1) is 0 Å². The highest BCUT2D eigenvalue weighted by molar-refractivity contribution is 7.92. The first kappa shape index (κ1) is 16.9. The molecule has 1 atom stereocenters. The summed E-state index contributed by atoms with van der Waals surface area (Å²) in [4.78, 5) is 22.3. The van der Waals surface area contributed by atoms with Crippen molar-refractivity contribution in [2.75, 3.05) is 11.5 Å². The largest absolute Gasteiger partial charge is 0.480 e. The van der Waals surface area contributed by atoms with E-state index >= 15 is 0 Å². The lowest BCUT2D eigenvalue weighted by Gasteiger charge is -2.13. The van der Waals surface area contributed by atoms with Crippen LogP contribution in [-0.4, -0.2) is 42.9 Å². The average molecular weight is 279 g/mol. The number of carboxylic acid groups (broad SMARTS) is 1. The summed E-state index contributed by atoms with van der Waals surface area (Å²) in [6, 6.07) is -1.01. The first-order valence-corrected chi connectivity index (χ1v) is 7.87. The summed E-state index contributed by atoms with van der Waals surface area (Å²) in [5.74, 6) is -2.58. The van der Waals surface area contributed by atoms with E-state index in [1.54, 1.807) is 6.92 Å². The normalized spacial score (nSPS) is 13.0. The first-order valence-electron chi connectivity index (χ1n) is 6.05. The molecule has 0 heterocycles. The van der Waals surface area contributed by atoms with Gasteiger partial charge in [-0.25, -0.2) is 13.2 Å². The first-order chi connectivity index (χ1) is 8.32. The molecule has 6 nitrogen and oxygen atoms in total. The van der Waals surface area contributed by atoms with Crippen LogP contribution in [0, 0.1) is 0 Å². The molecule has 0 aromatic carbocycles. The van der Waals surface area contributed by atoms with Crippen LogP contribution >= 0.6 is 0 Å². The van der Waals surface area contributed by atoms with Crippen LogP contribution in [0.4, 0.5) is 0 Å². The Bertz CT molecular complexity index is 377. The van der Waals surface area contributed by atoms with Crippen molar-refractivity contribution in [1.82, 2.24) is 5.32 Å². The van der Waals surface area contributed by atoms with Crippen molar-refractivity contribution in [2.24, 2.45) is 0 Å². The van der Waals surface area contributed by atoms with Gasteiger partial charge in [-0.3, -0.25) is 4.79 Å². The number of amides is 1. The van der Waals surface area contributed by atoms with Gasteiger partial charge in [0.25, 0.3) is 0 Å². The van der Waals surface area contributed by atoms with Crippen LogP contribution in [0.1, 0.15) is 39.5 Å². The van der Waals surface area contributed by atoms with Gasteiger partial charge in [0.1, 0.15) is 11.8 Å². The molecule has 0 aliphatic rings. The maximum atomic E-state index is 11.5. The molecule has 7 heteroatoms. The highest BCUT2D eigenvalue weighted by Crippen LogP contribution is 2.02. The van der Waals surface area contributed by atoms with Crippen molar-refractivity contribution >= 4 is 21.7 Å². The quantitative estimate of drug-likeness (QED) is 0.642. The molecular weight excluding hydrogens is 258 g/mol. The summed E-state index contributed by atoms with van der Waals surface area (Å²) in [6.07, 6.45) is 2.23. The molecule has 0 aliphatic heterocycles. The van der Waals surface area contributed by atoms with Crippen molar-refractivity contribution in [3.63, 3.8) is 0 Å². The number of aliphatic carboxylic acids is 1. The summed E-state index contributed by atoms with van der Waals surface area (Å²) in [5, 5.41) is 11.1. The monoisotopic (exact) mass is 279 g/mol. The number of nitrogens with one attached hydrogen (secondary N) is 1. The summed E-state index contributed by atoms with van der Waals surface area (Å²) < 4.78 is 22.8. The van der Waals surface area contributed by atoms with Crippen LogP contribution < -0.4 is 5.32 Å². The Morgan fingerprint density at radius 1 is 1.22 bits per heavy atom. The lowest BCUT2D eigenvalue weighted by Crippen LogP contribution is -2.43. The fourth-order valence-corrected chi connectivity index (χ4v) is 2.73. The second-order valence-electron chi connectivity index (χ2n) is 4.19. The minimum atomic E-state index is -3.43. The summed E-state index contributed by atoms with van der Waals surface area (Å²) in [7, 11) is -3.43. The Labute approximate surface area is 108 Å². The van der Waals surface area contributed by atoms with Crippen molar-refractivity contribution in [2.45, 2.75) is 45.6 Å². The van der Waals surface area contributed by atoms with Gasteiger partial charge < -0.3 is 10.4 Å². The Morgan fingerprint density at radius 3 is 2.28 bits per heavy atom. The van der Waals surface area contributed by atoms with Crippen LogP contribution in [-0.2, 0) is 19.4 Å². The maximum absolute atomic E-state index is 11.5. The molecule has 0 saturated carbocycles. The van der Waals surface area contributed by atoms with Crippen molar-refractivity contribution in [3.8, 4) is 0 Å². The molecule has 0 spiro atoms. The zero-order valence-electron chi connectivity index (χ0n) is 10.8. The maximum Gasteiger partial charge on any atom is 0.326 e. The molecule has 0 aliphatic carbocycles. The SMILES string of the molecule is CCCC[C@H](NC(=O)CS(=O)(=O)CCC)C(=O)O. The molecule has 0 radical (unpaired) electrons. The van der Waals surface area contributed by atoms with Gasteiger partial charge in [0.2, 0.25) is 5.91 Å². The predicted molar refractivity (Wildman–Crippen MR) is 68.0 cm³/mol. The number of hydrogen-bond acceptors (Lipinski definition) is 4. The molecule has 2 N–H and O–H groups in total. The van der Waals surface area contributed by atoms with E-state index in [1.807, 2.05) is 6.92 Å².